The maximum Gasteiger partial charge on any atom is 0.265 e. The standard InChI is InChI=1S/C20H19N3O5S/c1-8-5-9(2)21-20-12(8)13-17(29-20)19(24)23-18(22-13)10-6-11-15(28-7-27-11)16(26-4)14(10)25-3/h5-6,18,22H,7H2,1-4H3,(H,23,24). The van der Waals surface area contributed by atoms with Crippen LogP contribution in [0.1, 0.15) is 32.7 Å². The van der Waals surface area contributed by atoms with Gasteiger partial charge < -0.3 is 29.6 Å². The molecule has 0 saturated carbocycles. The van der Waals surface area contributed by atoms with E-state index in [0.29, 0.717) is 33.4 Å². The number of rotatable bonds is 3. The molecule has 4 heterocycles. The number of carbonyl (C=O) groups excluding carboxylic acids is 1. The number of hydrogen-bond donors (Lipinski definition) is 2. The number of aryl methyl sites for hydroxylation is 2. The fourth-order valence-corrected chi connectivity index (χ4v) is 5.06. The smallest absolute Gasteiger partial charge is 0.265 e. The Bertz CT molecular complexity index is 1170. The maximum absolute atomic E-state index is 12.9. The molecule has 8 nitrogen and oxygen atoms in total. The first-order chi connectivity index (χ1) is 14.0. The summed E-state index contributed by atoms with van der Waals surface area (Å²) < 4.78 is 22.2. The molecule has 2 aliphatic heterocycles. The number of benzene rings is 1. The zero-order chi connectivity index (χ0) is 20.3. The van der Waals surface area contributed by atoms with E-state index < -0.39 is 6.17 Å². The predicted octanol–water partition coefficient (Wildman–Crippen LogP) is 3.51. The average molecular weight is 413 g/mol. The molecule has 0 fully saturated rings. The third-order valence-corrected chi connectivity index (χ3v) is 6.16. The largest absolute Gasteiger partial charge is 0.492 e. The third kappa shape index (κ3) is 2.57. The topological polar surface area (TPSA) is 90.9 Å². The number of nitrogens with zero attached hydrogens (tertiary/aromatic N) is 1. The molecule has 0 radical (unpaired) electrons. The molecule has 2 aromatic heterocycles. The van der Waals surface area contributed by atoms with Gasteiger partial charge in [-0.1, -0.05) is 0 Å². The Kier molecular flexibility index (Phi) is 3.95. The number of anilines is 1. The van der Waals surface area contributed by atoms with Crippen LogP contribution in [0.4, 0.5) is 5.69 Å². The quantitative estimate of drug-likeness (QED) is 0.679. The highest BCUT2D eigenvalue weighted by molar-refractivity contribution is 7.21. The van der Waals surface area contributed by atoms with Crippen LogP contribution in [0.3, 0.4) is 0 Å². The Labute approximate surface area is 170 Å². The highest BCUT2D eigenvalue weighted by Gasteiger charge is 2.35. The summed E-state index contributed by atoms with van der Waals surface area (Å²) in [5.41, 5.74) is 3.46. The summed E-state index contributed by atoms with van der Waals surface area (Å²) in [6.45, 7) is 4.08. The third-order valence-electron chi connectivity index (χ3n) is 5.08. The molecule has 29 heavy (non-hydrogen) atoms. The fraction of sp³-hybridized carbons (Fsp3) is 0.300. The SMILES string of the molecule is COc1c(C2NC(=O)c3sc4nc(C)cc(C)c4c3N2)cc2c(c1OC)OCO2. The second-order valence-corrected chi connectivity index (χ2v) is 7.88. The summed E-state index contributed by atoms with van der Waals surface area (Å²) in [7, 11) is 3.09. The van der Waals surface area contributed by atoms with Gasteiger partial charge in [-0.15, -0.1) is 11.3 Å². The number of fused-ring (bicyclic) bond motifs is 4. The summed E-state index contributed by atoms with van der Waals surface area (Å²) in [6, 6.07) is 3.82. The van der Waals surface area contributed by atoms with E-state index in [2.05, 4.69) is 15.6 Å². The molecule has 2 aliphatic rings. The molecule has 3 aromatic rings. The summed E-state index contributed by atoms with van der Waals surface area (Å²) in [6.07, 6.45) is -0.535. The first-order valence-corrected chi connectivity index (χ1v) is 9.86. The van der Waals surface area contributed by atoms with Crippen LogP contribution in [0.2, 0.25) is 0 Å². The molecule has 0 aliphatic carbocycles. The van der Waals surface area contributed by atoms with Crippen molar-refractivity contribution in [2.24, 2.45) is 0 Å². The second kappa shape index (κ2) is 6.41. The van der Waals surface area contributed by atoms with Gasteiger partial charge >= 0.3 is 0 Å². The van der Waals surface area contributed by atoms with E-state index in [9.17, 15) is 4.79 Å². The predicted molar refractivity (Wildman–Crippen MR) is 109 cm³/mol. The van der Waals surface area contributed by atoms with Gasteiger partial charge in [0.15, 0.2) is 11.5 Å². The van der Waals surface area contributed by atoms with Crippen molar-refractivity contribution in [3.05, 3.63) is 33.8 Å². The monoisotopic (exact) mass is 413 g/mol. The number of carbonyl (C=O) groups is 1. The van der Waals surface area contributed by atoms with Crippen molar-refractivity contribution in [2.75, 3.05) is 26.3 Å². The molecule has 1 unspecified atom stereocenters. The number of aromatic nitrogens is 1. The summed E-state index contributed by atoms with van der Waals surface area (Å²) in [5.74, 6) is 1.78. The number of pyridine rings is 1. The van der Waals surface area contributed by atoms with Gasteiger partial charge in [-0.3, -0.25) is 4.79 Å². The minimum atomic E-state index is -0.535. The molecule has 1 amide bonds. The van der Waals surface area contributed by atoms with Crippen molar-refractivity contribution in [1.82, 2.24) is 10.3 Å². The van der Waals surface area contributed by atoms with Crippen LogP contribution in [0, 0.1) is 13.8 Å². The van der Waals surface area contributed by atoms with Crippen LogP contribution in [-0.4, -0.2) is 31.9 Å². The van der Waals surface area contributed by atoms with E-state index >= 15 is 0 Å². The van der Waals surface area contributed by atoms with Crippen LogP contribution >= 0.6 is 11.3 Å². The molecule has 0 bridgehead atoms. The molecule has 0 saturated heterocycles. The highest BCUT2D eigenvalue weighted by Crippen LogP contribution is 2.51. The second-order valence-electron chi connectivity index (χ2n) is 6.88. The molecular formula is C20H19N3O5S. The molecule has 1 aromatic carbocycles. The van der Waals surface area contributed by atoms with Gasteiger partial charge in [0, 0.05) is 16.6 Å². The Morgan fingerprint density at radius 1 is 1.14 bits per heavy atom. The van der Waals surface area contributed by atoms with E-state index in [0.717, 1.165) is 27.2 Å². The van der Waals surface area contributed by atoms with Gasteiger partial charge in [-0.2, -0.15) is 0 Å². The fourth-order valence-electron chi connectivity index (χ4n) is 3.90. The van der Waals surface area contributed by atoms with Crippen LogP contribution in [0.25, 0.3) is 10.2 Å². The molecule has 9 heteroatoms. The molecular weight excluding hydrogens is 394 g/mol. The van der Waals surface area contributed by atoms with E-state index in [1.165, 1.54) is 11.3 Å². The Morgan fingerprint density at radius 2 is 1.93 bits per heavy atom. The Morgan fingerprint density at radius 3 is 2.69 bits per heavy atom. The first-order valence-electron chi connectivity index (χ1n) is 9.04. The van der Waals surface area contributed by atoms with Crippen molar-refractivity contribution in [3.63, 3.8) is 0 Å². The van der Waals surface area contributed by atoms with E-state index in [-0.39, 0.29) is 12.7 Å². The number of thiophene rings is 1. The number of nitrogens with one attached hydrogen (secondary N) is 2. The first kappa shape index (κ1) is 17.9. The Hall–Kier alpha value is -3.20. The van der Waals surface area contributed by atoms with Gasteiger partial charge in [0.05, 0.1) is 19.9 Å². The zero-order valence-electron chi connectivity index (χ0n) is 16.3. The molecule has 150 valence electrons. The Balaban J connectivity index is 1.67. The normalized spacial score (nSPS) is 17.0. The summed E-state index contributed by atoms with van der Waals surface area (Å²) in [5, 5.41) is 7.41. The van der Waals surface area contributed by atoms with E-state index in [4.69, 9.17) is 18.9 Å². The van der Waals surface area contributed by atoms with Crippen LogP contribution in [0.15, 0.2) is 12.1 Å². The van der Waals surface area contributed by atoms with Crippen molar-refractivity contribution >= 4 is 33.1 Å². The van der Waals surface area contributed by atoms with Crippen molar-refractivity contribution in [2.45, 2.75) is 20.0 Å². The van der Waals surface area contributed by atoms with Gasteiger partial charge in [-0.25, -0.2) is 4.98 Å². The minimum Gasteiger partial charge on any atom is -0.492 e. The van der Waals surface area contributed by atoms with Crippen molar-refractivity contribution in [3.8, 4) is 23.0 Å². The number of methoxy groups -OCH3 is 2. The number of hydrogen-bond acceptors (Lipinski definition) is 8. The van der Waals surface area contributed by atoms with Crippen LogP contribution in [-0.2, 0) is 0 Å². The van der Waals surface area contributed by atoms with Gasteiger partial charge in [0.1, 0.15) is 15.9 Å². The van der Waals surface area contributed by atoms with E-state index in [1.807, 2.05) is 19.9 Å². The van der Waals surface area contributed by atoms with Gasteiger partial charge in [0.2, 0.25) is 18.3 Å². The molecule has 5 rings (SSSR count). The number of amides is 1. The molecule has 0 spiro atoms. The summed E-state index contributed by atoms with van der Waals surface area (Å²) in [4.78, 5) is 19.0. The van der Waals surface area contributed by atoms with Crippen LogP contribution < -0.4 is 29.6 Å². The van der Waals surface area contributed by atoms with Gasteiger partial charge in [0.25, 0.3) is 5.91 Å². The lowest BCUT2D eigenvalue weighted by Crippen LogP contribution is -2.37. The average Bonchev–Trinajstić information content (AvgIpc) is 3.30. The lowest BCUT2D eigenvalue weighted by Gasteiger charge is -2.28. The lowest BCUT2D eigenvalue weighted by molar-refractivity contribution is 0.0939. The van der Waals surface area contributed by atoms with Crippen molar-refractivity contribution in [1.29, 1.82) is 0 Å². The van der Waals surface area contributed by atoms with Crippen molar-refractivity contribution < 1.29 is 23.7 Å². The molecule has 2 N–H and O–H groups in total. The maximum atomic E-state index is 12.9. The van der Waals surface area contributed by atoms with Gasteiger partial charge in [-0.05, 0) is 31.5 Å². The summed E-state index contributed by atoms with van der Waals surface area (Å²) >= 11 is 1.38. The zero-order valence-corrected chi connectivity index (χ0v) is 17.2. The lowest BCUT2D eigenvalue weighted by atomic mass is 10.0. The molecule has 1 atom stereocenters. The minimum absolute atomic E-state index is 0.103. The number of ether oxygens (including phenoxy) is 4. The highest BCUT2D eigenvalue weighted by atomic mass is 32.1. The van der Waals surface area contributed by atoms with Crippen LogP contribution in [0.5, 0.6) is 23.0 Å². The van der Waals surface area contributed by atoms with E-state index in [1.54, 1.807) is 20.3 Å².